The minimum atomic E-state index is -0.589. The molecule has 2 amide bonds. The second-order valence-corrected chi connectivity index (χ2v) is 10.4. The number of hydrogen-bond donors (Lipinski definition) is 1. The summed E-state index contributed by atoms with van der Waals surface area (Å²) < 4.78 is 5.42. The predicted octanol–water partition coefficient (Wildman–Crippen LogP) is 4.09. The molecule has 8 heteroatoms. The molecule has 2 heterocycles. The number of ether oxygens (including phenoxy) is 1. The lowest BCUT2D eigenvalue weighted by atomic mass is 9.96. The van der Waals surface area contributed by atoms with Crippen LogP contribution in [0.3, 0.4) is 0 Å². The highest BCUT2D eigenvalue weighted by molar-refractivity contribution is 5.89. The third-order valence-corrected chi connectivity index (χ3v) is 7.23. The summed E-state index contributed by atoms with van der Waals surface area (Å²) in [7, 11) is 1.71. The zero-order valence-corrected chi connectivity index (χ0v) is 23.3. The van der Waals surface area contributed by atoms with Gasteiger partial charge in [0.15, 0.2) is 5.82 Å². The minimum Gasteiger partial charge on any atom is -0.385 e. The Labute approximate surface area is 231 Å². The molecule has 2 aromatic carbocycles. The number of hydrogen-bond acceptors (Lipinski definition) is 6. The van der Waals surface area contributed by atoms with E-state index in [1.54, 1.807) is 30.5 Å². The second kappa shape index (κ2) is 13.4. The zero-order chi connectivity index (χ0) is 27.8. The van der Waals surface area contributed by atoms with E-state index in [9.17, 15) is 9.59 Å². The molecule has 0 aliphatic carbocycles. The van der Waals surface area contributed by atoms with Crippen LogP contribution in [0.5, 0.6) is 0 Å². The van der Waals surface area contributed by atoms with Gasteiger partial charge in [-0.1, -0.05) is 68.4 Å². The molecule has 1 aliphatic rings. The van der Waals surface area contributed by atoms with Crippen molar-refractivity contribution >= 4 is 11.8 Å². The van der Waals surface area contributed by atoms with Gasteiger partial charge in [-0.15, -0.1) is 0 Å². The fourth-order valence-electron chi connectivity index (χ4n) is 5.24. The third kappa shape index (κ3) is 7.07. The molecule has 206 valence electrons. The van der Waals surface area contributed by atoms with Crippen molar-refractivity contribution in [1.29, 1.82) is 0 Å². The summed E-state index contributed by atoms with van der Waals surface area (Å²) in [5.41, 5.74) is 3.07. The fourth-order valence-corrected chi connectivity index (χ4v) is 5.24. The summed E-state index contributed by atoms with van der Waals surface area (Å²) in [6.45, 7) is 7.95. The van der Waals surface area contributed by atoms with Gasteiger partial charge >= 0.3 is 0 Å². The van der Waals surface area contributed by atoms with Crippen LogP contribution in [0.1, 0.15) is 44.4 Å². The summed E-state index contributed by atoms with van der Waals surface area (Å²) in [6.07, 6.45) is 4.23. The van der Waals surface area contributed by atoms with Crippen LogP contribution >= 0.6 is 0 Å². The van der Waals surface area contributed by atoms with E-state index in [1.165, 1.54) is 5.56 Å². The van der Waals surface area contributed by atoms with Crippen molar-refractivity contribution < 1.29 is 14.3 Å². The van der Waals surface area contributed by atoms with Gasteiger partial charge in [-0.05, 0) is 30.5 Å². The van der Waals surface area contributed by atoms with E-state index in [0.29, 0.717) is 32.1 Å². The smallest absolute Gasteiger partial charge is 0.244 e. The lowest BCUT2D eigenvalue weighted by Crippen LogP contribution is -2.65. The van der Waals surface area contributed by atoms with E-state index in [1.807, 2.05) is 63.2 Å². The van der Waals surface area contributed by atoms with Crippen LogP contribution in [-0.4, -0.2) is 70.5 Å². The van der Waals surface area contributed by atoms with Gasteiger partial charge in [-0.25, -0.2) is 9.97 Å². The number of carbonyl (C=O) groups is 2. The molecule has 8 nitrogen and oxygen atoms in total. The summed E-state index contributed by atoms with van der Waals surface area (Å²) in [5.74, 6) is 0.325. The number of methoxy groups -OCH3 is 1. The average molecular weight is 530 g/mol. The van der Waals surface area contributed by atoms with Crippen molar-refractivity contribution in [3.05, 3.63) is 84.2 Å². The molecule has 1 N–H and O–H groups in total. The zero-order valence-electron chi connectivity index (χ0n) is 23.3. The molecular weight excluding hydrogens is 490 g/mol. The molecule has 0 bridgehead atoms. The number of rotatable bonds is 10. The Balaban J connectivity index is 1.52. The first-order valence-corrected chi connectivity index (χ1v) is 13.6. The molecule has 3 aromatic rings. The van der Waals surface area contributed by atoms with Gasteiger partial charge in [-0.3, -0.25) is 14.5 Å². The van der Waals surface area contributed by atoms with Crippen molar-refractivity contribution in [2.45, 2.75) is 51.9 Å². The lowest BCUT2D eigenvalue weighted by Gasteiger charge is -2.48. The highest BCUT2D eigenvalue weighted by atomic mass is 16.5. The lowest BCUT2D eigenvalue weighted by molar-refractivity contribution is -0.151. The van der Waals surface area contributed by atoms with Crippen LogP contribution in [0.25, 0.3) is 11.4 Å². The van der Waals surface area contributed by atoms with E-state index in [-0.39, 0.29) is 29.8 Å². The number of nitrogens with zero attached hydrogens (tertiary/aromatic N) is 4. The van der Waals surface area contributed by atoms with Crippen LogP contribution in [-0.2, 0) is 20.9 Å². The number of carbonyl (C=O) groups excluding carboxylic acids is 2. The van der Waals surface area contributed by atoms with E-state index in [2.05, 4.69) is 32.3 Å². The summed E-state index contributed by atoms with van der Waals surface area (Å²) in [5, 5.41) is 3.10. The van der Waals surface area contributed by atoms with Crippen molar-refractivity contribution in [2.75, 3.05) is 26.8 Å². The summed E-state index contributed by atoms with van der Waals surface area (Å²) in [6, 6.07) is 19.3. The standard InChI is InChI=1S/C31H39N5O3/c1-22(2)31(38)36-23(3)20-35(27(15-18-39-4)25-9-6-5-7-10-25)21-28(36)30(37)34-19-24-11-13-26(14-12-24)29-32-16-8-17-33-29/h5-14,16-17,22-23,27-28H,15,18-21H2,1-4H3,(H,34,37)/t23-,27?,28-/m1/s1. The van der Waals surface area contributed by atoms with E-state index >= 15 is 0 Å². The number of piperazine rings is 1. The highest BCUT2D eigenvalue weighted by Crippen LogP contribution is 2.30. The van der Waals surface area contributed by atoms with Crippen LogP contribution < -0.4 is 5.32 Å². The first-order valence-electron chi connectivity index (χ1n) is 13.6. The molecule has 1 saturated heterocycles. The molecule has 0 saturated carbocycles. The molecule has 1 unspecified atom stereocenters. The van der Waals surface area contributed by atoms with E-state index in [4.69, 9.17) is 4.74 Å². The first kappa shape index (κ1) is 28.4. The molecular formula is C31H39N5O3. The Hall–Kier alpha value is -3.62. The molecule has 0 radical (unpaired) electrons. The summed E-state index contributed by atoms with van der Waals surface area (Å²) in [4.78, 5) is 39.7. The topological polar surface area (TPSA) is 87.7 Å². The maximum atomic E-state index is 13.7. The van der Waals surface area contributed by atoms with Crippen molar-refractivity contribution in [3.63, 3.8) is 0 Å². The molecule has 1 aromatic heterocycles. The Morgan fingerprint density at radius 2 is 1.69 bits per heavy atom. The Bertz CT molecular complexity index is 1200. The first-order chi connectivity index (χ1) is 18.9. The molecule has 39 heavy (non-hydrogen) atoms. The normalized spacial score (nSPS) is 18.6. The van der Waals surface area contributed by atoms with Gasteiger partial charge in [0.25, 0.3) is 0 Å². The molecule has 1 fully saturated rings. The maximum absolute atomic E-state index is 13.7. The monoisotopic (exact) mass is 529 g/mol. The van der Waals surface area contributed by atoms with Gasteiger partial charge in [-0.2, -0.15) is 0 Å². The predicted molar refractivity (Wildman–Crippen MR) is 151 cm³/mol. The number of aromatic nitrogens is 2. The van der Waals surface area contributed by atoms with Crippen molar-refractivity contribution in [1.82, 2.24) is 25.1 Å². The van der Waals surface area contributed by atoms with Gasteiger partial charge < -0.3 is 15.0 Å². The Morgan fingerprint density at radius 1 is 1.00 bits per heavy atom. The van der Waals surface area contributed by atoms with E-state index < -0.39 is 6.04 Å². The number of benzene rings is 2. The van der Waals surface area contributed by atoms with Crippen LogP contribution in [0.2, 0.25) is 0 Å². The third-order valence-electron chi connectivity index (χ3n) is 7.23. The Morgan fingerprint density at radius 3 is 2.33 bits per heavy atom. The van der Waals surface area contributed by atoms with Gasteiger partial charge in [0.05, 0.1) is 0 Å². The average Bonchev–Trinajstić information content (AvgIpc) is 2.96. The molecule has 0 spiro atoms. The van der Waals surface area contributed by atoms with Crippen molar-refractivity contribution in [2.24, 2.45) is 5.92 Å². The van der Waals surface area contributed by atoms with Crippen molar-refractivity contribution in [3.8, 4) is 11.4 Å². The molecule has 1 aliphatic heterocycles. The highest BCUT2D eigenvalue weighted by Gasteiger charge is 2.41. The van der Waals surface area contributed by atoms with E-state index in [0.717, 1.165) is 17.5 Å². The maximum Gasteiger partial charge on any atom is 0.244 e. The van der Waals surface area contributed by atoms with Gasteiger partial charge in [0, 0.05) is 69.3 Å². The fraction of sp³-hybridized carbons (Fsp3) is 0.419. The minimum absolute atomic E-state index is 0.00247. The van der Waals surface area contributed by atoms with Crippen LogP contribution in [0.15, 0.2) is 73.1 Å². The quantitative estimate of drug-likeness (QED) is 0.426. The number of amides is 2. The van der Waals surface area contributed by atoms with Crippen LogP contribution in [0.4, 0.5) is 0 Å². The summed E-state index contributed by atoms with van der Waals surface area (Å²) >= 11 is 0. The second-order valence-electron chi connectivity index (χ2n) is 10.4. The SMILES string of the molecule is COCCC(c1ccccc1)N1C[C@@H](C)N(C(=O)C(C)C)[C@@H](C(=O)NCc2ccc(-c3ncccn3)cc2)C1. The van der Waals surface area contributed by atoms with Crippen LogP contribution in [0, 0.1) is 5.92 Å². The van der Waals surface area contributed by atoms with Gasteiger partial charge in [0.1, 0.15) is 6.04 Å². The molecule has 3 atom stereocenters. The molecule has 4 rings (SSSR count). The number of nitrogens with one attached hydrogen (secondary N) is 1. The Kier molecular flexibility index (Phi) is 9.79. The van der Waals surface area contributed by atoms with Gasteiger partial charge in [0.2, 0.25) is 11.8 Å². The largest absolute Gasteiger partial charge is 0.385 e.